The highest BCUT2D eigenvalue weighted by Gasteiger charge is 2.35. The molecule has 0 unspecified atom stereocenters. The highest BCUT2D eigenvalue weighted by atomic mass is 16.5. The Bertz CT molecular complexity index is 692. The van der Waals surface area contributed by atoms with Crippen molar-refractivity contribution in [1.82, 2.24) is 10.6 Å². The van der Waals surface area contributed by atoms with E-state index in [1.165, 1.54) is 6.42 Å². The van der Waals surface area contributed by atoms with Crippen LogP contribution in [0.3, 0.4) is 0 Å². The number of nitrogens with one attached hydrogen (secondary N) is 3. The van der Waals surface area contributed by atoms with Gasteiger partial charge in [-0.3, -0.25) is 0 Å². The maximum atomic E-state index is 11.9. The van der Waals surface area contributed by atoms with Gasteiger partial charge in [-0.2, -0.15) is 4.99 Å². The number of hydrogen-bond acceptors (Lipinski definition) is 7. The van der Waals surface area contributed by atoms with E-state index >= 15 is 0 Å². The molecule has 1 heterocycles. The summed E-state index contributed by atoms with van der Waals surface area (Å²) in [7, 11) is 1.82. The van der Waals surface area contributed by atoms with E-state index in [1.807, 2.05) is 19.2 Å². The smallest absolute Gasteiger partial charge is 0.338 e. The molecule has 1 fully saturated rings. The van der Waals surface area contributed by atoms with Crippen LogP contribution >= 0.6 is 0 Å². The van der Waals surface area contributed by atoms with Gasteiger partial charge in [-0.25, -0.2) is 9.79 Å². The molecule has 1 saturated carbocycles. The van der Waals surface area contributed by atoms with Crippen LogP contribution in [0.25, 0.3) is 0 Å². The molecule has 134 valence electrons. The van der Waals surface area contributed by atoms with Crippen LogP contribution in [0.1, 0.15) is 49.4 Å². The monoisotopic (exact) mass is 343 g/mol. The van der Waals surface area contributed by atoms with Gasteiger partial charge in [0.25, 0.3) is 0 Å². The zero-order valence-electron chi connectivity index (χ0n) is 14.8. The largest absolute Gasteiger partial charge is 0.462 e. The Labute approximate surface area is 148 Å². The van der Waals surface area contributed by atoms with Crippen molar-refractivity contribution >= 4 is 23.6 Å². The summed E-state index contributed by atoms with van der Waals surface area (Å²) in [6, 6.07) is 7.22. The molecule has 7 nitrogen and oxygen atoms in total. The van der Waals surface area contributed by atoms with Gasteiger partial charge in [-0.05, 0) is 50.8 Å². The van der Waals surface area contributed by atoms with E-state index in [0.29, 0.717) is 24.1 Å². The van der Waals surface area contributed by atoms with Gasteiger partial charge in [0.2, 0.25) is 11.9 Å². The summed E-state index contributed by atoms with van der Waals surface area (Å²) in [5.74, 6) is 0.929. The normalized spacial score (nSPS) is 18.6. The first-order chi connectivity index (χ1) is 12.1. The van der Waals surface area contributed by atoms with Crippen molar-refractivity contribution in [3.05, 3.63) is 29.8 Å². The van der Waals surface area contributed by atoms with E-state index in [1.54, 1.807) is 19.1 Å². The molecule has 0 atom stereocenters. The van der Waals surface area contributed by atoms with E-state index in [-0.39, 0.29) is 11.6 Å². The fraction of sp³-hybridized carbons (Fsp3) is 0.500. The van der Waals surface area contributed by atoms with Crippen LogP contribution < -0.4 is 16.0 Å². The Hall–Kier alpha value is -2.57. The quantitative estimate of drug-likeness (QED) is 0.734. The van der Waals surface area contributed by atoms with Gasteiger partial charge in [0, 0.05) is 12.7 Å². The summed E-state index contributed by atoms with van der Waals surface area (Å²) in [4.78, 5) is 21.1. The van der Waals surface area contributed by atoms with Gasteiger partial charge in [0.1, 0.15) is 5.66 Å². The minimum atomic E-state index is -0.328. The molecule has 0 bridgehead atoms. The van der Waals surface area contributed by atoms with E-state index in [0.717, 1.165) is 31.4 Å². The molecule has 7 heteroatoms. The molecule has 2 aliphatic rings. The van der Waals surface area contributed by atoms with Gasteiger partial charge < -0.3 is 20.7 Å². The summed E-state index contributed by atoms with van der Waals surface area (Å²) in [6.45, 7) is 2.15. The molecule has 1 aromatic carbocycles. The summed E-state index contributed by atoms with van der Waals surface area (Å²) < 4.78 is 5.06. The molecule has 0 radical (unpaired) electrons. The van der Waals surface area contributed by atoms with Crippen LogP contribution in [0, 0.1) is 0 Å². The van der Waals surface area contributed by atoms with Gasteiger partial charge in [0.05, 0.1) is 12.2 Å². The number of hydrogen-bond donors (Lipinski definition) is 3. The summed E-state index contributed by atoms with van der Waals surface area (Å²) >= 11 is 0. The molecule has 3 N–H and O–H groups in total. The lowest BCUT2D eigenvalue weighted by molar-refractivity contribution is 0.0526. The van der Waals surface area contributed by atoms with Gasteiger partial charge in [-0.15, -0.1) is 0 Å². The average molecular weight is 343 g/mol. The molecule has 1 aliphatic carbocycles. The van der Waals surface area contributed by atoms with Crippen LogP contribution in [0.15, 0.2) is 34.3 Å². The maximum absolute atomic E-state index is 11.9. The van der Waals surface area contributed by atoms with E-state index in [2.05, 4.69) is 20.9 Å². The van der Waals surface area contributed by atoms with Crippen molar-refractivity contribution in [1.29, 1.82) is 0 Å². The molecule has 0 aromatic heterocycles. The van der Waals surface area contributed by atoms with Crippen molar-refractivity contribution in [2.45, 2.75) is 44.7 Å². The summed E-state index contributed by atoms with van der Waals surface area (Å²) in [5, 5.41) is 9.76. The average Bonchev–Trinajstić information content (AvgIpc) is 2.62. The van der Waals surface area contributed by atoms with Crippen molar-refractivity contribution in [3.8, 4) is 0 Å². The third-order valence-corrected chi connectivity index (χ3v) is 4.43. The van der Waals surface area contributed by atoms with Crippen LogP contribution in [0.4, 0.5) is 5.69 Å². The number of carbonyl (C=O) groups excluding carboxylic acids is 1. The first-order valence-electron chi connectivity index (χ1n) is 8.83. The number of ether oxygens (including phenoxy) is 1. The molecule has 0 amide bonds. The number of carbonyl (C=O) groups is 1. The number of benzene rings is 1. The minimum absolute atomic E-state index is 0.292. The second-order valence-corrected chi connectivity index (χ2v) is 6.29. The van der Waals surface area contributed by atoms with Crippen molar-refractivity contribution < 1.29 is 9.53 Å². The Kier molecular flexibility index (Phi) is 5.21. The standard InChI is InChI=1S/C18H25N5O2/c1-3-25-15(24)13-8-7-9-14(12-13)20-17-21-16(19-2)22-18(23-17)10-5-4-6-11-18/h7-9,12H,3-6,10-11H2,1-2H3,(H3,19,20,21,22,23). The van der Waals surface area contributed by atoms with Gasteiger partial charge in [0.15, 0.2) is 0 Å². The lowest BCUT2D eigenvalue weighted by atomic mass is 9.89. The maximum Gasteiger partial charge on any atom is 0.338 e. The second kappa shape index (κ2) is 7.55. The van der Waals surface area contributed by atoms with Crippen molar-refractivity contribution in [3.63, 3.8) is 0 Å². The summed E-state index contributed by atoms with van der Waals surface area (Å²) in [6.07, 6.45) is 5.52. The molecule has 1 aromatic rings. The Balaban J connectivity index is 1.78. The lowest BCUT2D eigenvalue weighted by Gasteiger charge is -2.38. The fourth-order valence-electron chi connectivity index (χ4n) is 3.23. The topological polar surface area (TPSA) is 87.1 Å². The van der Waals surface area contributed by atoms with E-state index < -0.39 is 0 Å². The Morgan fingerprint density at radius 1 is 1.32 bits per heavy atom. The van der Waals surface area contributed by atoms with Crippen molar-refractivity contribution in [2.24, 2.45) is 9.98 Å². The van der Waals surface area contributed by atoms with Crippen LogP contribution in [-0.2, 0) is 4.74 Å². The predicted octanol–water partition coefficient (Wildman–Crippen LogP) is 2.47. The first kappa shape index (κ1) is 17.3. The van der Waals surface area contributed by atoms with Gasteiger partial charge >= 0.3 is 5.97 Å². The molecular weight excluding hydrogens is 318 g/mol. The SMILES string of the molecule is CCOC(=O)c1cccc(NC2=NC(NC)=NC3(CCCCC3)N2)c1. The number of nitrogens with zero attached hydrogens (tertiary/aromatic N) is 2. The molecule has 25 heavy (non-hydrogen) atoms. The van der Waals surface area contributed by atoms with Crippen LogP contribution in [0.2, 0.25) is 0 Å². The zero-order chi connectivity index (χ0) is 17.7. The number of anilines is 1. The second-order valence-electron chi connectivity index (χ2n) is 6.29. The molecule has 1 spiro atoms. The third kappa shape index (κ3) is 4.10. The highest BCUT2D eigenvalue weighted by molar-refractivity contribution is 6.04. The molecule has 1 aliphatic heterocycles. The summed E-state index contributed by atoms with van der Waals surface area (Å²) in [5.41, 5.74) is 0.998. The zero-order valence-corrected chi connectivity index (χ0v) is 14.8. The van der Waals surface area contributed by atoms with Crippen LogP contribution in [-0.4, -0.2) is 37.2 Å². The molecule has 3 rings (SSSR count). The van der Waals surface area contributed by atoms with Gasteiger partial charge in [-0.1, -0.05) is 12.5 Å². The number of rotatable bonds is 3. The van der Waals surface area contributed by atoms with Crippen molar-refractivity contribution in [2.75, 3.05) is 19.0 Å². The molecule has 0 saturated heterocycles. The number of esters is 1. The first-order valence-corrected chi connectivity index (χ1v) is 8.83. The Morgan fingerprint density at radius 3 is 2.84 bits per heavy atom. The minimum Gasteiger partial charge on any atom is -0.462 e. The van der Waals surface area contributed by atoms with E-state index in [4.69, 9.17) is 9.73 Å². The van der Waals surface area contributed by atoms with Crippen LogP contribution in [0.5, 0.6) is 0 Å². The Morgan fingerprint density at radius 2 is 2.12 bits per heavy atom. The fourth-order valence-corrected chi connectivity index (χ4v) is 3.23. The van der Waals surface area contributed by atoms with E-state index in [9.17, 15) is 4.79 Å². The highest BCUT2D eigenvalue weighted by Crippen LogP contribution is 2.31. The number of aliphatic imine (C=N–C) groups is 2. The predicted molar refractivity (Wildman–Crippen MR) is 98.9 cm³/mol. The third-order valence-electron chi connectivity index (χ3n) is 4.43. The number of guanidine groups is 2. The molecular formula is C18H25N5O2. The lowest BCUT2D eigenvalue weighted by Crippen LogP contribution is -2.54.